The van der Waals surface area contributed by atoms with Crippen LogP contribution < -0.4 is 4.90 Å². The number of benzene rings is 2. The molecule has 0 unspecified atom stereocenters. The van der Waals surface area contributed by atoms with Crippen molar-refractivity contribution in [3.63, 3.8) is 0 Å². The summed E-state index contributed by atoms with van der Waals surface area (Å²) < 4.78 is 33.2. The monoisotopic (exact) mass is 562 g/mol. The van der Waals surface area contributed by atoms with Crippen LogP contribution in [0.4, 0.5) is 15.8 Å². The molecular weight excluding hydrogens is 523 g/mol. The molecule has 41 heavy (non-hydrogen) atoms. The fourth-order valence-electron chi connectivity index (χ4n) is 4.79. The molecule has 0 atom stereocenters. The molecule has 4 aromatic rings. The van der Waals surface area contributed by atoms with Crippen LogP contribution in [-0.2, 0) is 14.3 Å². The molecular formula is C32H39FN4O4. The van der Waals surface area contributed by atoms with Gasteiger partial charge >= 0.3 is 5.97 Å². The summed E-state index contributed by atoms with van der Waals surface area (Å²) in [6.07, 6.45) is 7.44. The summed E-state index contributed by atoms with van der Waals surface area (Å²) in [7, 11) is 0. The lowest BCUT2D eigenvalue weighted by molar-refractivity contribution is -0.160. The van der Waals surface area contributed by atoms with Gasteiger partial charge in [0.05, 0.1) is 17.7 Å². The number of imidazole rings is 1. The van der Waals surface area contributed by atoms with Gasteiger partial charge in [0, 0.05) is 42.5 Å². The molecule has 0 saturated heterocycles. The molecule has 0 saturated carbocycles. The summed E-state index contributed by atoms with van der Waals surface area (Å²) in [5.41, 5.74) is 5.51. The van der Waals surface area contributed by atoms with Crippen molar-refractivity contribution in [2.24, 2.45) is 0 Å². The molecule has 0 spiro atoms. The van der Waals surface area contributed by atoms with Gasteiger partial charge in [0.1, 0.15) is 23.8 Å². The first kappa shape index (κ1) is 30.0. The second-order valence-electron chi connectivity index (χ2n) is 11.2. The number of halogens is 1. The Morgan fingerprint density at radius 2 is 1.88 bits per heavy atom. The number of nitrogens with zero attached hydrogens (tertiary/aromatic N) is 4. The number of hydrogen-bond acceptors (Lipinski definition) is 7. The fraction of sp³-hybridized carbons (Fsp3) is 0.406. The molecule has 0 radical (unpaired) electrons. The Balaban J connectivity index is 1.51. The maximum absolute atomic E-state index is 15.3. The van der Waals surface area contributed by atoms with E-state index in [2.05, 4.69) is 40.2 Å². The van der Waals surface area contributed by atoms with Crippen molar-refractivity contribution in [2.75, 3.05) is 24.7 Å². The Labute approximate surface area is 241 Å². The van der Waals surface area contributed by atoms with E-state index in [1.807, 2.05) is 40.7 Å². The molecule has 0 amide bonds. The van der Waals surface area contributed by atoms with Crippen molar-refractivity contribution >= 4 is 17.3 Å². The summed E-state index contributed by atoms with van der Waals surface area (Å²) in [6.45, 7) is 12.5. The van der Waals surface area contributed by atoms with Crippen LogP contribution in [0.2, 0.25) is 0 Å². The van der Waals surface area contributed by atoms with Crippen molar-refractivity contribution < 1.29 is 23.2 Å². The fourth-order valence-corrected chi connectivity index (χ4v) is 4.79. The van der Waals surface area contributed by atoms with Crippen LogP contribution in [-0.4, -0.2) is 46.0 Å². The van der Waals surface area contributed by atoms with E-state index in [9.17, 15) is 4.79 Å². The molecule has 8 nitrogen and oxygen atoms in total. The minimum absolute atomic E-state index is 0.0559. The minimum atomic E-state index is -0.526. The largest absolute Gasteiger partial charge is 0.458 e. The van der Waals surface area contributed by atoms with Crippen LogP contribution >= 0.6 is 0 Å². The van der Waals surface area contributed by atoms with Crippen LogP contribution in [0.1, 0.15) is 57.1 Å². The minimum Gasteiger partial charge on any atom is -0.458 e. The van der Waals surface area contributed by atoms with E-state index in [1.165, 1.54) is 0 Å². The van der Waals surface area contributed by atoms with Gasteiger partial charge in [0.2, 0.25) is 0 Å². The SMILES string of the molecule is Cc1ccc(-c2c(C)noc2C)cc1N(CCCCCOCC(=O)OC(C)(C)C)c1ccc(-n2ccnc2)c(F)c1. The molecule has 2 aromatic heterocycles. The van der Waals surface area contributed by atoms with Gasteiger partial charge in [-0.25, -0.2) is 14.2 Å². The van der Waals surface area contributed by atoms with E-state index < -0.39 is 5.60 Å². The predicted octanol–water partition coefficient (Wildman–Crippen LogP) is 7.26. The predicted molar refractivity (Wildman–Crippen MR) is 157 cm³/mol. The normalized spacial score (nSPS) is 11.6. The lowest BCUT2D eigenvalue weighted by Gasteiger charge is -2.28. The number of carbonyl (C=O) groups excluding carboxylic acids is 1. The molecule has 0 aliphatic carbocycles. The molecule has 218 valence electrons. The number of aromatic nitrogens is 3. The van der Waals surface area contributed by atoms with Crippen LogP contribution in [0.3, 0.4) is 0 Å². The first-order chi connectivity index (χ1) is 19.5. The van der Waals surface area contributed by atoms with Crippen molar-refractivity contribution in [2.45, 2.75) is 66.4 Å². The van der Waals surface area contributed by atoms with Crippen molar-refractivity contribution in [1.29, 1.82) is 0 Å². The van der Waals surface area contributed by atoms with Crippen molar-refractivity contribution in [3.05, 3.63) is 78.0 Å². The smallest absolute Gasteiger partial charge is 0.332 e. The zero-order valence-electron chi connectivity index (χ0n) is 24.7. The Kier molecular flexibility index (Phi) is 9.60. The standard InChI is InChI=1S/C32H39FN4O4/c1-22-10-11-25(31-23(2)35-41-24(31)3)18-29(22)37(15-8-7-9-17-39-20-30(38)40-32(4,5)6)26-12-13-28(27(33)19-26)36-16-14-34-21-36/h10-14,16,18-19,21H,7-9,15,17,20H2,1-6H3. The van der Waals surface area contributed by atoms with E-state index in [4.69, 9.17) is 14.0 Å². The number of esters is 1. The molecule has 2 aromatic carbocycles. The van der Waals surface area contributed by atoms with Gasteiger partial charge in [0.15, 0.2) is 0 Å². The highest BCUT2D eigenvalue weighted by Crippen LogP contribution is 2.36. The first-order valence-electron chi connectivity index (χ1n) is 13.9. The van der Waals surface area contributed by atoms with Crippen LogP contribution in [0.15, 0.2) is 59.6 Å². The second-order valence-corrected chi connectivity index (χ2v) is 11.2. The van der Waals surface area contributed by atoms with E-state index in [0.29, 0.717) is 18.8 Å². The molecule has 2 heterocycles. The van der Waals surface area contributed by atoms with Gasteiger partial charge in [-0.3, -0.25) is 0 Å². The lowest BCUT2D eigenvalue weighted by atomic mass is 10.0. The Hall–Kier alpha value is -3.98. The summed E-state index contributed by atoms with van der Waals surface area (Å²) >= 11 is 0. The molecule has 9 heteroatoms. The van der Waals surface area contributed by atoms with Gasteiger partial charge in [-0.15, -0.1) is 0 Å². The van der Waals surface area contributed by atoms with Crippen molar-refractivity contribution in [1.82, 2.24) is 14.7 Å². The topological polar surface area (TPSA) is 82.6 Å². The summed E-state index contributed by atoms with van der Waals surface area (Å²) in [4.78, 5) is 18.1. The molecule has 0 fully saturated rings. The third-order valence-electron chi connectivity index (χ3n) is 6.66. The van der Waals surface area contributed by atoms with Gasteiger partial charge in [0.25, 0.3) is 0 Å². The molecule has 0 aliphatic rings. The van der Waals surface area contributed by atoms with Gasteiger partial charge in [-0.2, -0.15) is 0 Å². The van der Waals surface area contributed by atoms with Gasteiger partial charge in [-0.1, -0.05) is 17.3 Å². The van der Waals surface area contributed by atoms with E-state index in [1.54, 1.807) is 35.4 Å². The molecule has 0 aliphatic heterocycles. The number of rotatable bonds is 12. The van der Waals surface area contributed by atoms with Crippen LogP contribution in [0, 0.1) is 26.6 Å². The van der Waals surface area contributed by atoms with Gasteiger partial charge < -0.3 is 23.5 Å². The first-order valence-corrected chi connectivity index (χ1v) is 13.9. The Morgan fingerprint density at radius 3 is 2.54 bits per heavy atom. The molecule has 0 bridgehead atoms. The Morgan fingerprint density at radius 1 is 1.07 bits per heavy atom. The highest BCUT2D eigenvalue weighted by Gasteiger charge is 2.19. The number of aryl methyl sites for hydroxylation is 3. The number of hydrogen-bond donors (Lipinski definition) is 0. The van der Waals surface area contributed by atoms with Gasteiger partial charge in [-0.05, 0) is 96.2 Å². The maximum Gasteiger partial charge on any atom is 0.332 e. The number of ether oxygens (including phenoxy) is 2. The number of unbranched alkanes of at least 4 members (excludes halogenated alkanes) is 2. The summed E-state index contributed by atoms with van der Waals surface area (Å²) in [5.74, 6) is 0.0602. The summed E-state index contributed by atoms with van der Waals surface area (Å²) in [6, 6.07) is 11.5. The van der Waals surface area contributed by atoms with E-state index in [-0.39, 0.29) is 18.4 Å². The average Bonchev–Trinajstić information content (AvgIpc) is 3.55. The highest BCUT2D eigenvalue weighted by molar-refractivity contribution is 5.76. The molecule has 4 rings (SSSR count). The van der Waals surface area contributed by atoms with Crippen LogP contribution in [0.5, 0.6) is 0 Å². The van der Waals surface area contributed by atoms with E-state index >= 15 is 4.39 Å². The second kappa shape index (κ2) is 13.1. The maximum atomic E-state index is 15.3. The third kappa shape index (κ3) is 7.82. The average molecular weight is 563 g/mol. The zero-order valence-corrected chi connectivity index (χ0v) is 24.7. The number of carbonyl (C=O) groups is 1. The summed E-state index contributed by atoms with van der Waals surface area (Å²) in [5, 5.41) is 4.12. The highest BCUT2D eigenvalue weighted by atomic mass is 19.1. The zero-order chi connectivity index (χ0) is 29.6. The van der Waals surface area contributed by atoms with E-state index in [0.717, 1.165) is 58.8 Å². The third-order valence-corrected chi connectivity index (χ3v) is 6.66. The molecule has 0 N–H and O–H groups in total. The van der Waals surface area contributed by atoms with Crippen LogP contribution in [0.25, 0.3) is 16.8 Å². The Bertz CT molecular complexity index is 1440. The quantitative estimate of drug-likeness (QED) is 0.133. The number of anilines is 2. The van der Waals surface area contributed by atoms with Crippen molar-refractivity contribution in [3.8, 4) is 16.8 Å². The lowest BCUT2D eigenvalue weighted by Crippen LogP contribution is -2.26.